The van der Waals surface area contributed by atoms with Crippen LogP contribution in [0.25, 0.3) is 0 Å². The summed E-state index contributed by atoms with van der Waals surface area (Å²) in [6.45, 7) is 8.32. The summed E-state index contributed by atoms with van der Waals surface area (Å²) in [4.78, 5) is 0. The Kier molecular flexibility index (Phi) is 6.04. The van der Waals surface area contributed by atoms with Crippen LogP contribution in [0.4, 0.5) is 0 Å². The third-order valence-electron chi connectivity index (χ3n) is 3.53. The second-order valence-corrected chi connectivity index (χ2v) is 9.14. The smallest absolute Gasteiger partial charge is 0.150 e. The van der Waals surface area contributed by atoms with Crippen LogP contribution in [0.15, 0.2) is 24.3 Å². The number of hydrogen-bond acceptors (Lipinski definition) is 2. The van der Waals surface area contributed by atoms with E-state index in [4.69, 9.17) is 6.42 Å². The van der Waals surface area contributed by atoms with E-state index in [1.54, 1.807) is 0 Å². The van der Waals surface area contributed by atoms with Crippen molar-refractivity contribution in [1.82, 2.24) is 0 Å². The molecule has 0 aromatic heterocycles. The van der Waals surface area contributed by atoms with Crippen LogP contribution in [-0.4, -0.2) is 19.9 Å². The summed E-state index contributed by atoms with van der Waals surface area (Å²) in [5, 5.41) is 0. The second kappa shape index (κ2) is 7.13. The minimum absolute atomic E-state index is 0.0723. The first-order chi connectivity index (χ1) is 9.64. The summed E-state index contributed by atoms with van der Waals surface area (Å²) < 4.78 is 24.5. The summed E-state index contributed by atoms with van der Waals surface area (Å²) in [6, 6.07) is 7.56. The van der Waals surface area contributed by atoms with Gasteiger partial charge in [0.25, 0.3) is 0 Å². The molecule has 116 valence electrons. The topological polar surface area (TPSA) is 34.1 Å². The molecule has 0 radical (unpaired) electrons. The molecule has 0 aliphatic carbocycles. The second-order valence-electron chi connectivity index (χ2n) is 6.91. The molecular weight excluding hydrogens is 280 g/mol. The van der Waals surface area contributed by atoms with Crippen LogP contribution in [0.5, 0.6) is 0 Å². The van der Waals surface area contributed by atoms with Gasteiger partial charge in [-0.15, -0.1) is 6.42 Å². The van der Waals surface area contributed by atoms with Gasteiger partial charge in [-0.2, -0.15) is 0 Å². The first-order valence-electron chi connectivity index (χ1n) is 7.40. The van der Waals surface area contributed by atoms with E-state index in [9.17, 15) is 8.42 Å². The van der Waals surface area contributed by atoms with E-state index in [1.165, 1.54) is 0 Å². The summed E-state index contributed by atoms with van der Waals surface area (Å²) in [5.74, 6) is 2.98. The predicted octanol–water partition coefficient (Wildman–Crippen LogP) is 4.01. The molecule has 0 aliphatic heterocycles. The quantitative estimate of drug-likeness (QED) is 0.744. The lowest BCUT2D eigenvalue weighted by molar-refractivity contribution is 0.373. The zero-order chi connectivity index (χ0) is 16.1. The first-order valence-corrected chi connectivity index (χ1v) is 9.23. The maximum absolute atomic E-state index is 12.2. The first kappa shape index (κ1) is 17.8. The number of hydrogen-bond donors (Lipinski definition) is 0. The lowest BCUT2D eigenvalue weighted by atomic mass is 9.91. The van der Waals surface area contributed by atoms with Gasteiger partial charge in [0.2, 0.25) is 0 Å². The predicted molar refractivity (Wildman–Crippen MR) is 90.1 cm³/mol. The third kappa shape index (κ3) is 6.35. The van der Waals surface area contributed by atoms with Crippen molar-refractivity contribution < 1.29 is 8.42 Å². The Hall–Kier alpha value is -1.27. The summed E-state index contributed by atoms with van der Waals surface area (Å²) >= 11 is 0. The molecule has 0 heterocycles. The average Bonchev–Trinajstić information content (AvgIpc) is 2.36. The van der Waals surface area contributed by atoms with Crippen molar-refractivity contribution in [2.75, 3.05) is 11.5 Å². The molecule has 2 nitrogen and oxygen atoms in total. The van der Waals surface area contributed by atoms with E-state index in [1.807, 2.05) is 31.2 Å². The molecule has 0 saturated heterocycles. The van der Waals surface area contributed by atoms with Gasteiger partial charge in [0, 0.05) is 5.56 Å². The minimum Gasteiger partial charge on any atom is -0.229 e. The van der Waals surface area contributed by atoms with Crippen LogP contribution in [0.2, 0.25) is 0 Å². The molecule has 0 unspecified atom stereocenters. The van der Waals surface area contributed by atoms with Gasteiger partial charge in [-0.1, -0.05) is 51.8 Å². The van der Waals surface area contributed by atoms with E-state index in [2.05, 4.69) is 26.7 Å². The lowest BCUT2D eigenvalue weighted by Gasteiger charge is -2.18. The van der Waals surface area contributed by atoms with Crippen molar-refractivity contribution in [2.45, 2.75) is 46.5 Å². The van der Waals surface area contributed by atoms with E-state index in [0.717, 1.165) is 24.0 Å². The van der Waals surface area contributed by atoms with E-state index in [0.29, 0.717) is 0 Å². The Bertz CT molecular complexity index is 601. The Labute approximate surface area is 129 Å². The van der Waals surface area contributed by atoms with Crippen LogP contribution in [0.1, 0.15) is 57.6 Å². The zero-order valence-corrected chi connectivity index (χ0v) is 14.3. The van der Waals surface area contributed by atoms with E-state index >= 15 is 0 Å². The lowest BCUT2D eigenvalue weighted by Crippen LogP contribution is -2.18. The zero-order valence-electron chi connectivity index (χ0n) is 13.5. The van der Waals surface area contributed by atoms with Gasteiger partial charge in [-0.3, -0.25) is 0 Å². The van der Waals surface area contributed by atoms with Crippen molar-refractivity contribution in [3.05, 3.63) is 35.4 Å². The Morgan fingerprint density at radius 3 is 2.43 bits per heavy atom. The number of rotatable bonds is 6. The van der Waals surface area contributed by atoms with Crippen LogP contribution in [0, 0.1) is 17.8 Å². The van der Waals surface area contributed by atoms with Crippen LogP contribution >= 0.6 is 0 Å². The van der Waals surface area contributed by atoms with Crippen LogP contribution in [-0.2, 0) is 9.84 Å². The molecule has 1 aromatic rings. The van der Waals surface area contributed by atoms with Gasteiger partial charge in [0.05, 0.1) is 11.5 Å². The fraction of sp³-hybridized carbons (Fsp3) is 0.556. The maximum Gasteiger partial charge on any atom is 0.150 e. The largest absolute Gasteiger partial charge is 0.229 e. The van der Waals surface area contributed by atoms with Crippen LogP contribution < -0.4 is 0 Å². The molecule has 0 aliphatic rings. The van der Waals surface area contributed by atoms with E-state index < -0.39 is 9.84 Å². The molecule has 0 amide bonds. The highest BCUT2D eigenvalue weighted by Gasteiger charge is 2.20. The number of sulfone groups is 1. The third-order valence-corrected chi connectivity index (χ3v) is 5.45. The van der Waals surface area contributed by atoms with E-state index in [-0.39, 0.29) is 22.8 Å². The molecule has 1 rings (SSSR count). The van der Waals surface area contributed by atoms with Crippen molar-refractivity contribution in [3.8, 4) is 12.3 Å². The molecule has 0 saturated carbocycles. The molecule has 21 heavy (non-hydrogen) atoms. The molecule has 0 spiro atoms. The SMILES string of the molecule is C#Cc1ccccc1[C@@H](C)CS(=O)(=O)CCCC(C)(C)C. The molecule has 3 heteroatoms. The standard InChI is InChI=1S/C18H26O2S/c1-6-16-10-7-8-11-17(16)15(2)14-21(19,20)13-9-12-18(3,4)5/h1,7-8,10-11,15H,9,12-14H2,2-5H3/t15-/m0/s1. The highest BCUT2D eigenvalue weighted by molar-refractivity contribution is 7.91. The normalized spacial score (nSPS) is 13.7. The Balaban J connectivity index is 2.69. The van der Waals surface area contributed by atoms with Crippen LogP contribution in [0.3, 0.4) is 0 Å². The van der Waals surface area contributed by atoms with Crippen molar-refractivity contribution in [3.63, 3.8) is 0 Å². The monoisotopic (exact) mass is 306 g/mol. The van der Waals surface area contributed by atoms with Gasteiger partial charge in [-0.25, -0.2) is 8.42 Å². The van der Waals surface area contributed by atoms with Crippen molar-refractivity contribution in [2.24, 2.45) is 5.41 Å². The molecule has 0 bridgehead atoms. The molecule has 0 N–H and O–H groups in total. The highest BCUT2D eigenvalue weighted by atomic mass is 32.2. The minimum atomic E-state index is -3.04. The maximum atomic E-state index is 12.2. The highest BCUT2D eigenvalue weighted by Crippen LogP contribution is 2.24. The van der Waals surface area contributed by atoms with Gasteiger partial charge in [0.1, 0.15) is 0 Å². The molecule has 1 aromatic carbocycles. The van der Waals surface area contributed by atoms with Gasteiger partial charge >= 0.3 is 0 Å². The fourth-order valence-corrected chi connectivity index (χ4v) is 4.13. The molecular formula is C18H26O2S. The van der Waals surface area contributed by atoms with Crippen molar-refractivity contribution >= 4 is 9.84 Å². The summed E-state index contributed by atoms with van der Waals surface area (Å²) in [7, 11) is -3.04. The Morgan fingerprint density at radius 2 is 1.86 bits per heavy atom. The average molecular weight is 306 g/mol. The fourth-order valence-electron chi connectivity index (χ4n) is 2.43. The molecule has 0 fully saturated rings. The molecule has 1 atom stereocenters. The Morgan fingerprint density at radius 1 is 1.24 bits per heavy atom. The number of terminal acetylenes is 1. The summed E-state index contributed by atoms with van der Waals surface area (Å²) in [6.07, 6.45) is 7.12. The van der Waals surface area contributed by atoms with Crippen molar-refractivity contribution in [1.29, 1.82) is 0 Å². The van der Waals surface area contributed by atoms with Gasteiger partial charge in [0.15, 0.2) is 9.84 Å². The van der Waals surface area contributed by atoms with Gasteiger partial charge in [-0.05, 0) is 35.8 Å². The summed E-state index contributed by atoms with van der Waals surface area (Å²) in [5.41, 5.74) is 1.91. The van der Waals surface area contributed by atoms with Gasteiger partial charge < -0.3 is 0 Å². The number of benzene rings is 1.